The van der Waals surface area contributed by atoms with Crippen LogP contribution < -0.4 is 0 Å². The van der Waals surface area contributed by atoms with Crippen LogP contribution in [-0.2, 0) is 0 Å². The van der Waals surface area contributed by atoms with E-state index in [0.29, 0.717) is 0 Å². The van der Waals surface area contributed by atoms with E-state index in [-0.39, 0.29) is 0 Å². The molecule has 0 spiro atoms. The van der Waals surface area contributed by atoms with E-state index >= 15 is 0 Å². The van der Waals surface area contributed by atoms with Crippen molar-refractivity contribution in [2.45, 2.75) is 18.9 Å². The minimum absolute atomic E-state index is 0.857. The van der Waals surface area contributed by atoms with Crippen LogP contribution in [0.25, 0.3) is 0 Å². The number of nitrogens with zero attached hydrogens (tertiary/aromatic N) is 2. The number of hydrogen-bond acceptors (Lipinski definition) is 3. The highest BCUT2D eigenvalue weighted by molar-refractivity contribution is 7.80. The van der Waals surface area contributed by atoms with Crippen molar-refractivity contribution in [1.82, 2.24) is 9.80 Å². The molecule has 2 fully saturated rings. The summed E-state index contributed by atoms with van der Waals surface area (Å²) in [6.45, 7) is 5.08. The normalized spacial score (nSPS) is 34.1. The summed E-state index contributed by atoms with van der Waals surface area (Å²) in [4.78, 5) is 5.07. The molecular weight excluding hydrogens is 156 g/mol. The molecule has 0 N–H and O–H groups in total. The first-order chi connectivity index (χ1) is 5.40. The SMILES string of the molecule is SCN1CCN2CCCC2C1. The van der Waals surface area contributed by atoms with Crippen molar-refractivity contribution in [1.29, 1.82) is 0 Å². The van der Waals surface area contributed by atoms with E-state index in [0.717, 1.165) is 11.9 Å². The van der Waals surface area contributed by atoms with E-state index in [1.807, 2.05) is 0 Å². The van der Waals surface area contributed by atoms with Gasteiger partial charge in [0.25, 0.3) is 0 Å². The molecule has 3 heteroatoms. The summed E-state index contributed by atoms with van der Waals surface area (Å²) in [5.41, 5.74) is 0. The van der Waals surface area contributed by atoms with Crippen molar-refractivity contribution >= 4 is 12.6 Å². The second-order valence-corrected chi connectivity index (χ2v) is 3.83. The van der Waals surface area contributed by atoms with Gasteiger partial charge in [0.15, 0.2) is 0 Å². The van der Waals surface area contributed by atoms with E-state index in [4.69, 9.17) is 0 Å². The van der Waals surface area contributed by atoms with Crippen molar-refractivity contribution in [2.24, 2.45) is 0 Å². The molecule has 11 heavy (non-hydrogen) atoms. The van der Waals surface area contributed by atoms with Crippen molar-refractivity contribution < 1.29 is 0 Å². The maximum Gasteiger partial charge on any atom is 0.0415 e. The molecule has 2 aliphatic rings. The van der Waals surface area contributed by atoms with Crippen LogP contribution in [0.5, 0.6) is 0 Å². The van der Waals surface area contributed by atoms with Crippen LogP contribution in [0.2, 0.25) is 0 Å². The zero-order chi connectivity index (χ0) is 7.68. The minimum atomic E-state index is 0.857. The standard InChI is InChI=1S/C8H16N2S/c11-7-9-4-5-10-3-1-2-8(10)6-9/h8,11H,1-7H2. The average Bonchev–Trinajstić information content (AvgIpc) is 2.50. The Labute approximate surface area is 74.0 Å². The van der Waals surface area contributed by atoms with Gasteiger partial charge in [0.2, 0.25) is 0 Å². The molecule has 64 valence electrons. The second-order valence-electron chi connectivity index (χ2n) is 3.55. The molecule has 0 aromatic heterocycles. The van der Waals surface area contributed by atoms with Crippen molar-refractivity contribution in [2.75, 3.05) is 32.1 Å². The molecule has 1 atom stereocenters. The summed E-state index contributed by atoms with van der Waals surface area (Å²) in [7, 11) is 0. The first kappa shape index (κ1) is 7.90. The molecule has 2 saturated heterocycles. The van der Waals surface area contributed by atoms with Gasteiger partial charge in [0, 0.05) is 31.6 Å². The van der Waals surface area contributed by atoms with Crippen LogP contribution >= 0.6 is 12.6 Å². The highest BCUT2D eigenvalue weighted by atomic mass is 32.1. The maximum atomic E-state index is 4.30. The Hall–Kier alpha value is 0.270. The molecule has 0 radical (unpaired) electrons. The quantitative estimate of drug-likeness (QED) is 0.580. The Morgan fingerprint density at radius 1 is 1.27 bits per heavy atom. The lowest BCUT2D eigenvalue weighted by Crippen LogP contribution is -2.49. The summed E-state index contributed by atoms with van der Waals surface area (Å²) >= 11 is 4.30. The molecule has 0 aliphatic carbocycles. The maximum absolute atomic E-state index is 4.30. The van der Waals surface area contributed by atoms with Crippen molar-refractivity contribution in [3.8, 4) is 0 Å². The molecule has 2 rings (SSSR count). The highest BCUT2D eigenvalue weighted by Gasteiger charge is 2.29. The lowest BCUT2D eigenvalue weighted by Gasteiger charge is -2.36. The van der Waals surface area contributed by atoms with E-state index in [1.54, 1.807) is 0 Å². The van der Waals surface area contributed by atoms with Gasteiger partial charge in [0.1, 0.15) is 0 Å². The Morgan fingerprint density at radius 3 is 3.00 bits per heavy atom. The number of thiol groups is 1. The Balaban J connectivity index is 1.91. The fourth-order valence-electron chi connectivity index (χ4n) is 2.18. The second kappa shape index (κ2) is 3.33. The first-order valence-corrected chi connectivity index (χ1v) is 5.10. The third-order valence-corrected chi connectivity index (χ3v) is 3.27. The molecule has 2 heterocycles. The Morgan fingerprint density at radius 2 is 2.18 bits per heavy atom. The van der Waals surface area contributed by atoms with E-state index < -0.39 is 0 Å². The third kappa shape index (κ3) is 1.55. The zero-order valence-corrected chi connectivity index (χ0v) is 7.76. The molecule has 0 saturated carbocycles. The van der Waals surface area contributed by atoms with Gasteiger partial charge in [-0.15, -0.1) is 0 Å². The Kier molecular flexibility index (Phi) is 2.39. The molecular formula is C8H16N2S. The molecule has 2 aliphatic heterocycles. The Bertz CT molecular complexity index is 140. The smallest absolute Gasteiger partial charge is 0.0415 e. The van der Waals surface area contributed by atoms with E-state index in [2.05, 4.69) is 22.4 Å². The largest absolute Gasteiger partial charge is 0.298 e. The van der Waals surface area contributed by atoms with Gasteiger partial charge in [0.05, 0.1) is 0 Å². The number of piperazine rings is 1. The van der Waals surface area contributed by atoms with Crippen LogP contribution in [0.3, 0.4) is 0 Å². The molecule has 2 nitrogen and oxygen atoms in total. The van der Waals surface area contributed by atoms with Gasteiger partial charge in [-0.25, -0.2) is 0 Å². The average molecular weight is 172 g/mol. The van der Waals surface area contributed by atoms with Crippen LogP contribution in [-0.4, -0.2) is 47.9 Å². The first-order valence-electron chi connectivity index (χ1n) is 4.47. The van der Waals surface area contributed by atoms with Gasteiger partial charge in [-0.2, -0.15) is 12.6 Å². The number of rotatable bonds is 1. The van der Waals surface area contributed by atoms with Crippen molar-refractivity contribution in [3.05, 3.63) is 0 Å². The molecule has 0 aromatic rings. The molecule has 0 aromatic carbocycles. The monoisotopic (exact) mass is 172 g/mol. The van der Waals surface area contributed by atoms with Gasteiger partial charge in [-0.3, -0.25) is 9.80 Å². The van der Waals surface area contributed by atoms with Gasteiger partial charge < -0.3 is 0 Å². The lowest BCUT2D eigenvalue weighted by molar-refractivity contribution is 0.120. The third-order valence-electron chi connectivity index (χ3n) is 2.87. The molecule has 0 amide bonds. The van der Waals surface area contributed by atoms with E-state index in [9.17, 15) is 0 Å². The van der Waals surface area contributed by atoms with Crippen molar-refractivity contribution in [3.63, 3.8) is 0 Å². The van der Waals surface area contributed by atoms with Crippen LogP contribution in [0.15, 0.2) is 0 Å². The van der Waals surface area contributed by atoms with Crippen LogP contribution in [0.1, 0.15) is 12.8 Å². The van der Waals surface area contributed by atoms with Gasteiger partial charge in [-0.05, 0) is 19.4 Å². The summed E-state index contributed by atoms with van der Waals surface area (Å²) < 4.78 is 0. The summed E-state index contributed by atoms with van der Waals surface area (Å²) in [5.74, 6) is 0.935. The van der Waals surface area contributed by atoms with Crippen LogP contribution in [0, 0.1) is 0 Å². The van der Waals surface area contributed by atoms with E-state index in [1.165, 1.54) is 39.0 Å². The predicted octanol–water partition coefficient (Wildman–Crippen LogP) is 0.654. The zero-order valence-electron chi connectivity index (χ0n) is 6.87. The molecule has 0 bridgehead atoms. The van der Waals surface area contributed by atoms with Crippen LogP contribution in [0.4, 0.5) is 0 Å². The lowest BCUT2D eigenvalue weighted by atomic mass is 10.2. The molecule has 1 unspecified atom stereocenters. The summed E-state index contributed by atoms with van der Waals surface area (Å²) in [6, 6.07) is 0.857. The summed E-state index contributed by atoms with van der Waals surface area (Å²) in [6.07, 6.45) is 2.81. The summed E-state index contributed by atoms with van der Waals surface area (Å²) in [5, 5.41) is 0. The minimum Gasteiger partial charge on any atom is -0.298 e. The predicted molar refractivity (Wildman–Crippen MR) is 50.0 cm³/mol. The van der Waals surface area contributed by atoms with Gasteiger partial charge in [-0.1, -0.05) is 0 Å². The number of hydrogen-bond donors (Lipinski definition) is 1. The topological polar surface area (TPSA) is 6.48 Å². The number of fused-ring (bicyclic) bond motifs is 1. The highest BCUT2D eigenvalue weighted by Crippen LogP contribution is 2.21. The fourth-order valence-corrected chi connectivity index (χ4v) is 2.44. The van der Waals surface area contributed by atoms with Gasteiger partial charge >= 0.3 is 0 Å². The fraction of sp³-hybridized carbons (Fsp3) is 1.00.